The molecule has 0 aliphatic heterocycles. The number of H-pyrrole nitrogens is 1. The van der Waals surface area contributed by atoms with Crippen LogP contribution in [0.15, 0.2) is 53.3 Å². The van der Waals surface area contributed by atoms with E-state index in [0.29, 0.717) is 17.9 Å². The highest BCUT2D eigenvalue weighted by Gasteiger charge is 2.09. The van der Waals surface area contributed by atoms with Gasteiger partial charge in [0.2, 0.25) is 5.88 Å². The number of nitrogens with zero attached hydrogens (tertiary/aromatic N) is 2. The number of nitrogens with one attached hydrogen (secondary N) is 1. The lowest BCUT2D eigenvalue weighted by atomic mass is 10.1. The summed E-state index contributed by atoms with van der Waals surface area (Å²) in [6.07, 6.45) is 0.500. The summed E-state index contributed by atoms with van der Waals surface area (Å²) in [5.74, 6) is 1.55. The highest BCUT2D eigenvalue weighted by Crippen LogP contribution is 2.22. The Kier molecular flexibility index (Phi) is 4.22. The highest BCUT2D eigenvalue weighted by molar-refractivity contribution is 7.09. The van der Waals surface area contributed by atoms with Crippen molar-refractivity contribution in [3.8, 4) is 11.6 Å². The molecule has 26 heavy (non-hydrogen) atoms. The zero-order valence-electron chi connectivity index (χ0n) is 14.1. The van der Waals surface area contributed by atoms with Crippen LogP contribution < -0.4 is 9.61 Å². The van der Waals surface area contributed by atoms with E-state index >= 15 is 0 Å². The van der Waals surface area contributed by atoms with E-state index in [2.05, 4.69) is 9.97 Å². The van der Waals surface area contributed by atoms with Crippen molar-refractivity contribution in [2.75, 3.05) is 0 Å². The Labute approximate surface area is 153 Å². The Bertz CT molecular complexity index is 1110. The molecule has 0 spiro atoms. The van der Waals surface area contributed by atoms with Gasteiger partial charge in [-0.05, 0) is 29.8 Å². The fraction of sp³-hybridized carbons (Fsp3) is 0.158. The van der Waals surface area contributed by atoms with E-state index in [1.807, 2.05) is 60.1 Å². The maximum Gasteiger partial charge on any atom is 0.307 e. The van der Waals surface area contributed by atoms with E-state index in [4.69, 9.17) is 4.74 Å². The molecule has 4 rings (SSSR count). The second kappa shape index (κ2) is 6.68. The third-order valence-corrected chi connectivity index (χ3v) is 5.11. The van der Waals surface area contributed by atoms with E-state index in [1.54, 1.807) is 0 Å². The van der Waals surface area contributed by atoms with Crippen LogP contribution in [0.3, 0.4) is 0 Å². The average Bonchev–Trinajstić information content (AvgIpc) is 3.13. The number of ether oxygens (including phenoxy) is 1. The van der Waals surface area contributed by atoms with Gasteiger partial charge in [0.15, 0.2) is 0 Å². The van der Waals surface area contributed by atoms with Gasteiger partial charge < -0.3 is 14.4 Å². The Morgan fingerprint density at radius 1 is 1.19 bits per heavy atom. The molecule has 0 bridgehead atoms. The lowest BCUT2D eigenvalue weighted by molar-refractivity contribution is 0.292. The lowest BCUT2D eigenvalue weighted by Crippen LogP contribution is -2.03. The number of hydrogen-bond donors (Lipinski definition) is 2. The SMILES string of the molecule is Cn1c(COc2ccc(Cc3sc(=O)[nH]c3O)cc2)nc2ccccc21. The molecule has 0 aliphatic rings. The molecule has 2 heterocycles. The van der Waals surface area contributed by atoms with Gasteiger partial charge in [-0.3, -0.25) is 9.78 Å². The first-order valence-electron chi connectivity index (χ1n) is 8.13. The minimum Gasteiger partial charge on any atom is -0.494 e. The molecule has 0 radical (unpaired) electrons. The monoisotopic (exact) mass is 367 g/mol. The van der Waals surface area contributed by atoms with E-state index in [1.165, 1.54) is 0 Å². The number of para-hydroxylation sites is 2. The van der Waals surface area contributed by atoms with Crippen LogP contribution in [-0.4, -0.2) is 19.6 Å². The third kappa shape index (κ3) is 3.21. The number of aromatic nitrogens is 3. The lowest BCUT2D eigenvalue weighted by Gasteiger charge is -2.07. The first-order chi connectivity index (χ1) is 12.6. The number of aryl methyl sites for hydroxylation is 1. The summed E-state index contributed by atoms with van der Waals surface area (Å²) < 4.78 is 7.88. The normalized spacial score (nSPS) is 11.1. The van der Waals surface area contributed by atoms with Crippen molar-refractivity contribution >= 4 is 22.4 Å². The molecule has 0 fully saturated rings. The van der Waals surface area contributed by atoms with Gasteiger partial charge in [0.25, 0.3) is 0 Å². The van der Waals surface area contributed by atoms with Crippen molar-refractivity contribution in [1.82, 2.24) is 14.5 Å². The number of aromatic hydroxyl groups is 1. The van der Waals surface area contributed by atoms with Crippen LogP contribution in [0, 0.1) is 0 Å². The van der Waals surface area contributed by atoms with Crippen LogP contribution in [0.5, 0.6) is 11.6 Å². The first kappa shape index (κ1) is 16.4. The van der Waals surface area contributed by atoms with Gasteiger partial charge in [-0.1, -0.05) is 35.6 Å². The van der Waals surface area contributed by atoms with Crippen molar-refractivity contribution in [2.24, 2.45) is 7.05 Å². The molecule has 2 N–H and O–H groups in total. The molecule has 132 valence electrons. The summed E-state index contributed by atoms with van der Waals surface area (Å²) >= 11 is 1.02. The minimum atomic E-state index is -0.250. The summed E-state index contributed by atoms with van der Waals surface area (Å²) in [4.78, 5) is 18.6. The van der Waals surface area contributed by atoms with Gasteiger partial charge in [-0.2, -0.15) is 0 Å². The van der Waals surface area contributed by atoms with Gasteiger partial charge in [-0.15, -0.1) is 0 Å². The number of rotatable bonds is 5. The van der Waals surface area contributed by atoms with Gasteiger partial charge >= 0.3 is 4.87 Å². The largest absolute Gasteiger partial charge is 0.494 e. The quantitative estimate of drug-likeness (QED) is 0.568. The van der Waals surface area contributed by atoms with E-state index in [9.17, 15) is 9.90 Å². The number of thiazole rings is 1. The van der Waals surface area contributed by atoms with Gasteiger partial charge in [0, 0.05) is 13.5 Å². The maximum absolute atomic E-state index is 11.2. The van der Waals surface area contributed by atoms with Crippen molar-refractivity contribution in [3.63, 3.8) is 0 Å². The number of benzene rings is 2. The average molecular weight is 367 g/mol. The van der Waals surface area contributed by atoms with Gasteiger partial charge in [0.1, 0.15) is 18.2 Å². The Morgan fingerprint density at radius 3 is 2.65 bits per heavy atom. The fourth-order valence-corrected chi connectivity index (χ4v) is 3.59. The molecule has 0 atom stereocenters. The van der Waals surface area contributed by atoms with Crippen LogP contribution in [0.1, 0.15) is 16.3 Å². The number of aromatic amines is 1. The van der Waals surface area contributed by atoms with E-state index in [-0.39, 0.29) is 10.8 Å². The maximum atomic E-state index is 11.2. The van der Waals surface area contributed by atoms with Crippen LogP contribution in [-0.2, 0) is 20.1 Å². The molecule has 0 aliphatic carbocycles. The molecular formula is C19H17N3O3S. The molecule has 2 aromatic heterocycles. The minimum absolute atomic E-state index is 0.0535. The summed E-state index contributed by atoms with van der Waals surface area (Å²) in [7, 11) is 1.98. The Hall–Kier alpha value is -3.06. The van der Waals surface area contributed by atoms with Crippen LogP contribution in [0.4, 0.5) is 0 Å². The van der Waals surface area contributed by atoms with Crippen LogP contribution in [0.25, 0.3) is 11.0 Å². The van der Waals surface area contributed by atoms with Crippen molar-refractivity contribution in [2.45, 2.75) is 13.0 Å². The Balaban J connectivity index is 1.44. The summed E-state index contributed by atoms with van der Waals surface area (Å²) in [6.45, 7) is 0.380. The molecule has 0 saturated heterocycles. The highest BCUT2D eigenvalue weighted by atomic mass is 32.1. The van der Waals surface area contributed by atoms with Crippen LogP contribution in [0.2, 0.25) is 0 Å². The predicted octanol–water partition coefficient (Wildman–Crippen LogP) is 3.20. The predicted molar refractivity (Wildman–Crippen MR) is 101 cm³/mol. The van der Waals surface area contributed by atoms with Crippen molar-refractivity contribution in [3.05, 3.63) is 74.5 Å². The first-order valence-corrected chi connectivity index (χ1v) is 8.95. The molecule has 2 aromatic carbocycles. The van der Waals surface area contributed by atoms with Gasteiger partial charge in [0.05, 0.1) is 15.9 Å². The molecule has 0 saturated carbocycles. The number of imidazole rings is 1. The second-order valence-electron chi connectivity index (χ2n) is 5.97. The number of hydrogen-bond acceptors (Lipinski definition) is 5. The standard InChI is InChI=1S/C19H17N3O3S/c1-22-15-5-3-2-4-14(15)20-17(22)11-25-13-8-6-12(7-9-13)10-16-18(23)21-19(24)26-16/h2-9,23H,10-11H2,1H3,(H,21,24). The summed E-state index contributed by atoms with van der Waals surface area (Å²) in [5.41, 5.74) is 3.02. The zero-order chi connectivity index (χ0) is 18.1. The Morgan fingerprint density at radius 2 is 1.96 bits per heavy atom. The third-order valence-electron chi connectivity index (χ3n) is 4.24. The smallest absolute Gasteiger partial charge is 0.307 e. The fourth-order valence-electron chi connectivity index (χ4n) is 2.83. The molecule has 7 heteroatoms. The van der Waals surface area contributed by atoms with Crippen molar-refractivity contribution in [1.29, 1.82) is 0 Å². The summed E-state index contributed by atoms with van der Waals surface area (Å²) in [6, 6.07) is 15.6. The van der Waals surface area contributed by atoms with Crippen LogP contribution >= 0.6 is 11.3 Å². The van der Waals surface area contributed by atoms with Crippen molar-refractivity contribution < 1.29 is 9.84 Å². The zero-order valence-corrected chi connectivity index (χ0v) is 14.9. The van der Waals surface area contributed by atoms with Gasteiger partial charge in [-0.25, -0.2) is 4.98 Å². The van der Waals surface area contributed by atoms with E-state index in [0.717, 1.165) is 39.5 Å². The molecular weight excluding hydrogens is 350 g/mol. The molecule has 0 amide bonds. The summed E-state index contributed by atoms with van der Waals surface area (Å²) in [5, 5.41) is 9.66. The van der Waals surface area contributed by atoms with E-state index < -0.39 is 0 Å². The topological polar surface area (TPSA) is 80.1 Å². The number of fused-ring (bicyclic) bond motifs is 1. The molecule has 6 nitrogen and oxygen atoms in total. The molecule has 0 unspecified atom stereocenters. The molecule has 4 aromatic rings. The second-order valence-corrected chi connectivity index (χ2v) is 7.04.